The number of ether oxygens (including phenoxy) is 1. The highest BCUT2D eigenvalue weighted by Crippen LogP contribution is 2.35. The summed E-state index contributed by atoms with van der Waals surface area (Å²) < 4.78 is 5.13. The van der Waals surface area contributed by atoms with Crippen molar-refractivity contribution in [1.82, 2.24) is 9.97 Å². The van der Waals surface area contributed by atoms with E-state index in [0.29, 0.717) is 23.9 Å². The highest BCUT2D eigenvalue weighted by atomic mass is 32.1. The molecule has 0 bridgehead atoms. The van der Waals surface area contributed by atoms with E-state index in [1.807, 2.05) is 32.7 Å². The Morgan fingerprint density at radius 3 is 2.64 bits per heavy atom. The molecule has 0 amide bonds. The van der Waals surface area contributed by atoms with Gasteiger partial charge in [-0.05, 0) is 33.3 Å². The van der Waals surface area contributed by atoms with Gasteiger partial charge in [-0.3, -0.25) is 0 Å². The van der Waals surface area contributed by atoms with Gasteiger partial charge in [-0.15, -0.1) is 11.3 Å². The van der Waals surface area contributed by atoms with Crippen molar-refractivity contribution in [3.8, 4) is 0 Å². The fourth-order valence-electron chi connectivity index (χ4n) is 2.37. The van der Waals surface area contributed by atoms with Crippen LogP contribution < -0.4 is 4.90 Å². The molecule has 2 aromatic heterocycles. The van der Waals surface area contributed by atoms with Crippen LogP contribution in [-0.2, 0) is 4.74 Å². The van der Waals surface area contributed by atoms with E-state index in [0.717, 1.165) is 27.2 Å². The van der Waals surface area contributed by atoms with Crippen molar-refractivity contribution in [2.24, 2.45) is 0 Å². The molecular formula is C16H21N3O2S. The summed E-state index contributed by atoms with van der Waals surface area (Å²) >= 11 is 1.36. The number of likely N-dealkylation sites (N-methyl/N-ethyl adjacent to an activating group) is 1. The summed E-state index contributed by atoms with van der Waals surface area (Å²) in [5.74, 6) is 1.22. The van der Waals surface area contributed by atoms with Gasteiger partial charge in [0.15, 0.2) is 0 Å². The van der Waals surface area contributed by atoms with Gasteiger partial charge < -0.3 is 9.64 Å². The van der Waals surface area contributed by atoms with Crippen molar-refractivity contribution in [2.75, 3.05) is 25.1 Å². The van der Waals surface area contributed by atoms with E-state index in [1.54, 1.807) is 6.92 Å². The number of hydrogen-bond acceptors (Lipinski definition) is 6. The van der Waals surface area contributed by atoms with Crippen LogP contribution in [-0.4, -0.2) is 36.1 Å². The molecule has 0 aliphatic heterocycles. The molecule has 2 heterocycles. The fraction of sp³-hybridized carbons (Fsp3) is 0.438. The summed E-state index contributed by atoms with van der Waals surface area (Å²) in [6.45, 7) is 12.6. The van der Waals surface area contributed by atoms with Crippen LogP contribution >= 0.6 is 11.3 Å². The highest BCUT2D eigenvalue weighted by molar-refractivity contribution is 7.20. The number of aryl methyl sites for hydroxylation is 2. The normalized spacial score (nSPS) is 10.8. The Kier molecular flexibility index (Phi) is 4.81. The summed E-state index contributed by atoms with van der Waals surface area (Å²) in [5.41, 5.74) is 1.92. The number of nitrogens with zero attached hydrogens (tertiary/aromatic N) is 3. The van der Waals surface area contributed by atoms with Gasteiger partial charge in [0.25, 0.3) is 0 Å². The Morgan fingerprint density at radius 1 is 1.36 bits per heavy atom. The monoisotopic (exact) mass is 319 g/mol. The molecule has 0 radical (unpaired) electrons. The standard InChI is InChI=1S/C16H21N3O2S/c1-7-21-16(20)13-10(4)12-14(19(6)8-9(2)3)17-11(5)18-15(12)22-13/h2,7-8H2,1,3-6H3. The number of carbonyl (C=O) groups is 1. The van der Waals surface area contributed by atoms with Gasteiger partial charge >= 0.3 is 5.97 Å². The number of esters is 1. The van der Waals surface area contributed by atoms with Crippen molar-refractivity contribution < 1.29 is 9.53 Å². The summed E-state index contributed by atoms with van der Waals surface area (Å²) in [4.78, 5) is 24.6. The summed E-state index contributed by atoms with van der Waals surface area (Å²) in [6.07, 6.45) is 0. The summed E-state index contributed by atoms with van der Waals surface area (Å²) in [6, 6.07) is 0. The number of aromatic nitrogens is 2. The van der Waals surface area contributed by atoms with Crippen LogP contribution in [0.1, 0.15) is 34.9 Å². The molecule has 0 spiro atoms. The van der Waals surface area contributed by atoms with Crippen LogP contribution in [0.25, 0.3) is 10.2 Å². The van der Waals surface area contributed by atoms with Crippen LogP contribution in [0, 0.1) is 13.8 Å². The van der Waals surface area contributed by atoms with Crippen molar-refractivity contribution in [3.05, 3.63) is 28.4 Å². The zero-order valence-corrected chi connectivity index (χ0v) is 14.5. The first-order valence-corrected chi connectivity index (χ1v) is 7.97. The van der Waals surface area contributed by atoms with Crippen LogP contribution in [0.3, 0.4) is 0 Å². The van der Waals surface area contributed by atoms with Gasteiger partial charge in [0.1, 0.15) is 21.3 Å². The first-order chi connectivity index (χ1) is 10.3. The third kappa shape index (κ3) is 3.11. The molecule has 0 saturated heterocycles. The number of rotatable bonds is 5. The maximum absolute atomic E-state index is 12.1. The summed E-state index contributed by atoms with van der Waals surface area (Å²) in [7, 11) is 1.97. The Morgan fingerprint density at radius 2 is 2.05 bits per heavy atom. The second kappa shape index (κ2) is 6.44. The molecule has 0 unspecified atom stereocenters. The number of thiophene rings is 1. The van der Waals surface area contributed by atoms with Crippen LogP contribution in [0.2, 0.25) is 0 Å². The second-order valence-corrected chi connectivity index (χ2v) is 6.36. The van der Waals surface area contributed by atoms with Crippen molar-refractivity contribution >= 4 is 33.3 Å². The average molecular weight is 319 g/mol. The van der Waals surface area contributed by atoms with E-state index in [9.17, 15) is 4.79 Å². The van der Waals surface area contributed by atoms with Crippen molar-refractivity contribution in [3.63, 3.8) is 0 Å². The smallest absolute Gasteiger partial charge is 0.348 e. The van der Waals surface area contributed by atoms with Gasteiger partial charge in [0.2, 0.25) is 0 Å². The first-order valence-electron chi connectivity index (χ1n) is 7.15. The minimum Gasteiger partial charge on any atom is -0.462 e. The highest BCUT2D eigenvalue weighted by Gasteiger charge is 2.22. The third-order valence-electron chi connectivity index (χ3n) is 3.21. The molecule has 0 atom stereocenters. The van der Waals surface area contributed by atoms with E-state index in [2.05, 4.69) is 16.5 Å². The molecule has 0 N–H and O–H groups in total. The Hall–Kier alpha value is -1.95. The third-order valence-corrected chi connectivity index (χ3v) is 4.38. The molecule has 0 fully saturated rings. The minimum absolute atomic E-state index is 0.297. The van der Waals surface area contributed by atoms with Crippen molar-refractivity contribution in [2.45, 2.75) is 27.7 Å². The zero-order valence-electron chi connectivity index (χ0n) is 13.7. The predicted molar refractivity (Wildman–Crippen MR) is 90.9 cm³/mol. The quantitative estimate of drug-likeness (QED) is 0.623. The van der Waals surface area contributed by atoms with E-state index in [4.69, 9.17) is 4.74 Å². The molecule has 0 aromatic carbocycles. The Labute approximate surface area is 134 Å². The number of carbonyl (C=O) groups excluding carboxylic acids is 1. The second-order valence-electron chi connectivity index (χ2n) is 5.36. The van der Waals surface area contributed by atoms with Crippen molar-refractivity contribution in [1.29, 1.82) is 0 Å². The van der Waals surface area contributed by atoms with Crippen LogP contribution in [0.5, 0.6) is 0 Å². The SMILES string of the molecule is C=C(C)CN(C)c1nc(C)nc2sc(C(=O)OCC)c(C)c12. The van der Waals surface area contributed by atoms with E-state index in [-0.39, 0.29) is 5.97 Å². The fourth-order valence-corrected chi connectivity index (χ4v) is 3.48. The van der Waals surface area contributed by atoms with Gasteiger partial charge in [-0.2, -0.15) is 0 Å². The van der Waals surface area contributed by atoms with Crippen LogP contribution in [0.15, 0.2) is 12.2 Å². The van der Waals surface area contributed by atoms with E-state index in [1.165, 1.54) is 11.3 Å². The molecule has 22 heavy (non-hydrogen) atoms. The van der Waals surface area contributed by atoms with Crippen LogP contribution in [0.4, 0.5) is 5.82 Å². The maximum atomic E-state index is 12.1. The van der Waals surface area contributed by atoms with Gasteiger partial charge in [0, 0.05) is 13.6 Å². The Balaban J connectivity index is 2.62. The number of anilines is 1. The van der Waals surface area contributed by atoms with Gasteiger partial charge in [-0.25, -0.2) is 14.8 Å². The zero-order chi connectivity index (χ0) is 16.4. The van der Waals surface area contributed by atoms with E-state index < -0.39 is 0 Å². The lowest BCUT2D eigenvalue weighted by atomic mass is 10.2. The van der Waals surface area contributed by atoms with Gasteiger partial charge in [0.05, 0.1) is 12.0 Å². The number of fused-ring (bicyclic) bond motifs is 1. The maximum Gasteiger partial charge on any atom is 0.348 e. The molecule has 2 rings (SSSR count). The molecular weight excluding hydrogens is 298 g/mol. The average Bonchev–Trinajstić information content (AvgIpc) is 2.74. The molecule has 0 aliphatic rings. The molecule has 118 valence electrons. The molecule has 2 aromatic rings. The largest absolute Gasteiger partial charge is 0.462 e. The first kappa shape index (κ1) is 16.4. The lowest BCUT2D eigenvalue weighted by molar-refractivity contribution is 0.0531. The minimum atomic E-state index is -0.297. The molecule has 6 heteroatoms. The predicted octanol–water partition coefficient (Wildman–Crippen LogP) is 3.50. The van der Waals surface area contributed by atoms with Gasteiger partial charge in [-0.1, -0.05) is 12.2 Å². The lowest BCUT2D eigenvalue weighted by Gasteiger charge is -2.19. The number of hydrogen-bond donors (Lipinski definition) is 0. The molecule has 5 nitrogen and oxygen atoms in total. The lowest BCUT2D eigenvalue weighted by Crippen LogP contribution is -2.21. The topological polar surface area (TPSA) is 55.3 Å². The molecule has 0 aliphatic carbocycles. The van der Waals surface area contributed by atoms with E-state index >= 15 is 0 Å². The summed E-state index contributed by atoms with van der Waals surface area (Å²) in [5, 5.41) is 0.919. The molecule has 0 saturated carbocycles. The Bertz CT molecular complexity index is 737.